The zero-order valence-corrected chi connectivity index (χ0v) is 13.2. The van der Waals surface area contributed by atoms with Gasteiger partial charge in [-0.15, -0.1) is 0 Å². The van der Waals surface area contributed by atoms with E-state index >= 15 is 0 Å². The SMILES string of the molecule is COc1cccc(OC)c1NC(=O)Nc1ccc(C)c(C)c1. The standard InChI is InChI=1S/C17H20N2O3/c1-11-8-9-13(10-12(11)2)18-17(20)19-16-14(21-3)6-5-7-15(16)22-4/h5-10H,1-4H3,(H2,18,19,20). The molecule has 0 bridgehead atoms. The highest BCUT2D eigenvalue weighted by atomic mass is 16.5. The number of benzene rings is 2. The van der Waals surface area contributed by atoms with E-state index < -0.39 is 0 Å². The van der Waals surface area contributed by atoms with Crippen molar-refractivity contribution in [1.82, 2.24) is 0 Å². The number of nitrogens with one attached hydrogen (secondary N) is 2. The van der Waals surface area contributed by atoms with Crippen LogP contribution in [0.2, 0.25) is 0 Å². The average Bonchev–Trinajstić information content (AvgIpc) is 2.51. The Morgan fingerprint density at radius 3 is 2.09 bits per heavy atom. The lowest BCUT2D eigenvalue weighted by atomic mass is 10.1. The van der Waals surface area contributed by atoms with Crippen LogP contribution in [-0.2, 0) is 0 Å². The lowest BCUT2D eigenvalue weighted by molar-refractivity contribution is 0.262. The van der Waals surface area contributed by atoms with Gasteiger partial charge in [-0.05, 0) is 49.2 Å². The molecule has 0 aromatic heterocycles. The number of hydrogen-bond acceptors (Lipinski definition) is 3. The zero-order valence-electron chi connectivity index (χ0n) is 13.2. The minimum absolute atomic E-state index is 0.356. The molecule has 5 heteroatoms. The largest absolute Gasteiger partial charge is 0.494 e. The molecule has 0 spiro atoms. The van der Waals surface area contributed by atoms with Gasteiger partial charge in [0.25, 0.3) is 0 Å². The molecule has 0 saturated heterocycles. The van der Waals surface area contributed by atoms with Crippen molar-refractivity contribution in [3.05, 3.63) is 47.5 Å². The van der Waals surface area contributed by atoms with E-state index in [9.17, 15) is 4.79 Å². The first-order valence-electron chi connectivity index (χ1n) is 6.91. The molecular formula is C17H20N2O3. The fourth-order valence-corrected chi connectivity index (χ4v) is 2.07. The van der Waals surface area contributed by atoms with Gasteiger partial charge >= 0.3 is 6.03 Å². The molecule has 0 saturated carbocycles. The lowest BCUT2D eigenvalue weighted by Crippen LogP contribution is -2.20. The van der Waals surface area contributed by atoms with Crippen LogP contribution < -0.4 is 20.1 Å². The van der Waals surface area contributed by atoms with Crippen molar-refractivity contribution in [2.45, 2.75) is 13.8 Å². The van der Waals surface area contributed by atoms with E-state index in [0.29, 0.717) is 17.2 Å². The number of methoxy groups -OCH3 is 2. The molecule has 0 aliphatic heterocycles. The third-order valence-corrected chi connectivity index (χ3v) is 3.43. The van der Waals surface area contributed by atoms with Gasteiger partial charge in [0.05, 0.1) is 14.2 Å². The molecule has 0 unspecified atom stereocenters. The number of aryl methyl sites for hydroxylation is 2. The van der Waals surface area contributed by atoms with Crippen LogP contribution in [0.3, 0.4) is 0 Å². The summed E-state index contributed by atoms with van der Waals surface area (Å²) in [6, 6.07) is 10.7. The van der Waals surface area contributed by atoms with Gasteiger partial charge in [-0.3, -0.25) is 0 Å². The molecular weight excluding hydrogens is 280 g/mol. The molecule has 0 radical (unpaired) electrons. The van der Waals surface area contributed by atoms with Gasteiger partial charge < -0.3 is 20.1 Å². The van der Waals surface area contributed by atoms with Crippen LogP contribution in [-0.4, -0.2) is 20.3 Å². The maximum absolute atomic E-state index is 12.2. The molecule has 2 aromatic rings. The minimum atomic E-state index is -0.356. The molecule has 5 nitrogen and oxygen atoms in total. The van der Waals surface area contributed by atoms with E-state index in [1.165, 1.54) is 5.56 Å². The number of carbonyl (C=O) groups is 1. The van der Waals surface area contributed by atoms with Gasteiger partial charge in [-0.2, -0.15) is 0 Å². The third kappa shape index (κ3) is 3.49. The van der Waals surface area contributed by atoms with E-state index in [0.717, 1.165) is 11.3 Å². The van der Waals surface area contributed by atoms with Gasteiger partial charge in [0.1, 0.15) is 17.2 Å². The maximum Gasteiger partial charge on any atom is 0.323 e. The van der Waals surface area contributed by atoms with Crippen molar-refractivity contribution in [3.8, 4) is 11.5 Å². The van der Waals surface area contributed by atoms with Crippen LogP contribution in [0.1, 0.15) is 11.1 Å². The first kappa shape index (κ1) is 15.7. The first-order chi connectivity index (χ1) is 10.5. The summed E-state index contributed by atoms with van der Waals surface area (Å²) in [6.45, 7) is 4.03. The van der Waals surface area contributed by atoms with Crippen molar-refractivity contribution in [2.75, 3.05) is 24.9 Å². The quantitative estimate of drug-likeness (QED) is 0.898. The number of rotatable bonds is 4. The lowest BCUT2D eigenvalue weighted by Gasteiger charge is -2.14. The van der Waals surface area contributed by atoms with Crippen LogP contribution in [0.15, 0.2) is 36.4 Å². The Hall–Kier alpha value is -2.69. The second-order valence-electron chi connectivity index (χ2n) is 4.92. The molecule has 0 heterocycles. The van der Waals surface area contributed by atoms with E-state index in [-0.39, 0.29) is 6.03 Å². The number of ether oxygens (including phenoxy) is 2. The Kier molecular flexibility index (Phi) is 4.88. The van der Waals surface area contributed by atoms with Gasteiger partial charge in [-0.1, -0.05) is 12.1 Å². The van der Waals surface area contributed by atoms with Gasteiger partial charge in [0.15, 0.2) is 0 Å². The number of anilines is 2. The molecule has 2 amide bonds. The summed E-state index contributed by atoms with van der Waals surface area (Å²) in [5, 5.41) is 5.56. The fraction of sp³-hybridized carbons (Fsp3) is 0.235. The van der Waals surface area contributed by atoms with Gasteiger partial charge in [0, 0.05) is 5.69 Å². The highest BCUT2D eigenvalue weighted by Gasteiger charge is 2.13. The van der Waals surface area contributed by atoms with Crippen LogP contribution in [0.25, 0.3) is 0 Å². The average molecular weight is 300 g/mol. The monoisotopic (exact) mass is 300 g/mol. The molecule has 2 aromatic carbocycles. The number of carbonyl (C=O) groups excluding carboxylic acids is 1. The van der Waals surface area contributed by atoms with Crippen molar-refractivity contribution < 1.29 is 14.3 Å². The fourth-order valence-electron chi connectivity index (χ4n) is 2.07. The Balaban J connectivity index is 2.17. The van der Waals surface area contributed by atoms with Crippen LogP contribution in [0, 0.1) is 13.8 Å². The number of urea groups is 1. The van der Waals surface area contributed by atoms with Crippen molar-refractivity contribution in [2.24, 2.45) is 0 Å². The molecule has 0 fully saturated rings. The summed E-state index contributed by atoms with van der Waals surface area (Å²) in [6.07, 6.45) is 0. The smallest absolute Gasteiger partial charge is 0.323 e. The predicted octanol–water partition coefficient (Wildman–Crippen LogP) is 3.96. The van der Waals surface area contributed by atoms with Crippen LogP contribution in [0.4, 0.5) is 16.2 Å². The molecule has 2 rings (SSSR count). The molecule has 0 aliphatic rings. The summed E-state index contributed by atoms with van der Waals surface area (Å²) in [5.41, 5.74) is 3.52. The van der Waals surface area contributed by atoms with Crippen LogP contribution in [0.5, 0.6) is 11.5 Å². The molecule has 0 aliphatic carbocycles. The van der Waals surface area contributed by atoms with Gasteiger partial charge in [0.2, 0.25) is 0 Å². The summed E-state index contributed by atoms with van der Waals surface area (Å²) < 4.78 is 10.5. The Bertz CT molecular complexity index is 661. The summed E-state index contributed by atoms with van der Waals surface area (Å²) >= 11 is 0. The number of amides is 2. The first-order valence-corrected chi connectivity index (χ1v) is 6.91. The summed E-state index contributed by atoms with van der Waals surface area (Å²) in [5.74, 6) is 1.07. The minimum Gasteiger partial charge on any atom is -0.494 e. The van der Waals surface area contributed by atoms with E-state index in [2.05, 4.69) is 10.6 Å². The Morgan fingerprint density at radius 1 is 0.909 bits per heavy atom. The predicted molar refractivity (Wildman–Crippen MR) is 88.1 cm³/mol. The van der Waals surface area contributed by atoms with E-state index in [1.54, 1.807) is 32.4 Å². The Morgan fingerprint density at radius 2 is 1.55 bits per heavy atom. The summed E-state index contributed by atoms with van der Waals surface area (Å²) in [4.78, 5) is 12.2. The second-order valence-corrected chi connectivity index (χ2v) is 4.92. The van der Waals surface area contributed by atoms with Crippen molar-refractivity contribution >= 4 is 17.4 Å². The van der Waals surface area contributed by atoms with Gasteiger partial charge in [-0.25, -0.2) is 4.79 Å². The Labute approximate surface area is 130 Å². The van der Waals surface area contributed by atoms with Crippen molar-refractivity contribution in [3.63, 3.8) is 0 Å². The highest BCUT2D eigenvalue weighted by Crippen LogP contribution is 2.34. The third-order valence-electron chi connectivity index (χ3n) is 3.43. The molecule has 116 valence electrons. The number of hydrogen-bond donors (Lipinski definition) is 2. The summed E-state index contributed by atoms with van der Waals surface area (Å²) in [7, 11) is 3.09. The zero-order chi connectivity index (χ0) is 16.1. The molecule has 2 N–H and O–H groups in total. The topological polar surface area (TPSA) is 59.6 Å². The van der Waals surface area contributed by atoms with Crippen LogP contribution >= 0.6 is 0 Å². The molecule has 22 heavy (non-hydrogen) atoms. The van der Waals surface area contributed by atoms with Crippen molar-refractivity contribution in [1.29, 1.82) is 0 Å². The van der Waals surface area contributed by atoms with E-state index in [4.69, 9.17) is 9.47 Å². The van der Waals surface area contributed by atoms with E-state index in [1.807, 2.05) is 32.0 Å². The highest BCUT2D eigenvalue weighted by molar-refractivity contribution is 6.01. The normalized spacial score (nSPS) is 10.0. The maximum atomic E-state index is 12.2. The second kappa shape index (κ2) is 6.85. The number of para-hydroxylation sites is 1. The molecule has 0 atom stereocenters.